The number of amides is 2. The van der Waals surface area contributed by atoms with Gasteiger partial charge in [-0.05, 0) is 69.4 Å². The molecule has 7 nitrogen and oxygen atoms in total. The number of carbonyl (C=O) groups excluding carboxylic acids is 2. The maximum Gasteiger partial charge on any atom is 0.408 e. The SMILES string of the molecule is CC(C)(C)OC(=O)N[C@H]1C[C@H](O[Si](C)(C)C(C)(C)C)CN(c2ccc(C3(CN)CC3)cc2)C1=O. The summed E-state index contributed by atoms with van der Waals surface area (Å²) >= 11 is 0. The summed E-state index contributed by atoms with van der Waals surface area (Å²) in [5.41, 5.74) is 7.48. The smallest absolute Gasteiger partial charge is 0.408 e. The van der Waals surface area contributed by atoms with E-state index in [0.717, 1.165) is 18.5 Å². The van der Waals surface area contributed by atoms with Crippen molar-refractivity contribution < 1.29 is 18.8 Å². The van der Waals surface area contributed by atoms with Crippen molar-refractivity contribution in [3.8, 4) is 0 Å². The number of anilines is 1. The lowest BCUT2D eigenvalue weighted by atomic mass is 9.95. The van der Waals surface area contributed by atoms with Crippen LogP contribution in [0.4, 0.5) is 10.5 Å². The van der Waals surface area contributed by atoms with Crippen LogP contribution in [0.1, 0.15) is 66.4 Å². The number of piperidine rings is 1. The third kappa shape index (κ3) is 6.01. The number of hydrogen-bond acceptors (Lipinski definition) is 5. The number of benzene rings is 1. The molecule has 1 aliphatic heterocycles. The standard InChI is InChI=1S/C26H43N3O4Si/c1-24(2,3)32-23(31)28-21-15-20(33-34(7,8)25(4,5)6)16-29(22(21)30)19-11-9-18(10-12-19)26(17-27)13-14-26/h9-12,20-21H,13-17,27H2,1-8H3,(H,28,31)/t20-,21-/m0/s1. The predicted molar refractivity (Wildman–Crippen MR) is 139 cm³/mol. The minimum Gasteiger partial charge on any atom is -0.444 e. The Morgan fingerprint density at radius 1 is 1.15 bits per heavy atom. The zero-order valence-electron chi connectivity index (χ0n) is 22.2. The van der Waals surface area contributed by atoms with E-state index in [9.17, 15) is 9.59 Å². The third-order valence-corrected chi connectivity index (χ3v) is 12.0. The summed E-state index contributed by atoms with van der Waals surface area (Å²) in [5.74, 6) is -0.145. The van der Waals surface area contributed by atoms with Gasteiger partial charge in [-0.3, -0.25) is 4.79 Å². The van der Waals surface area contributed by atoms with E-state index in [-0.39, 0.29) is 22.5 Å². The van der Waals surface area contributed by atoms with Gasteiger partial charge in [0.2, 0.25) is 5.91 Å². The summed E-state index contributed by atoms with van der Waals surface area (Å²) in [4.78, 5) is 27.7. The zero-order valence-corrected chi connectivity index (χ0v) is 23.2. The minimum absolute atomic E-state index is 0.0375. The second-order valence-electron chi connectivity index (χ2n) is 12.4. The molecular formula is C26H43N3O4Si. The summed E-state index contributed by atoms with van der Waals surface area (Å²) in [6.07, 6.45) is 1.87. The lowest BCUT2D eigenvalue weighted by molar-refractivity contribution is -0.123. The van der Waals surface area contributed by atoms with Gasteiger partial charge in [0.1, 0.15) is 11.6 Å². The molecule has 1 saturated carbocycles. The Morgan fingerprint density at radius 3 is 2.21 bits per heavy atom. The average molecular weight is 490 g/mol. The van der Waals surface area contributed by atoms with Gasteiger partial charge in [-0.1, -0.05) is 32.9 Å². The molecule has 190 valence electrons. The number of rotatable bonds is 6. The molecule has 0 bridgehead atoms. The molecule has 1 heterocycles. The lowest BCUT2D eigenvalue weighted by Gasteiger charge is -2.44. The van der Waals surface area contributed by atoms with Crippen LogP contribution in [0, 0.1) is 0 Å². The monoisotopic (exact) mass is 489 g/mol. The molecule has 0 unspecified atom stereocenters. The fraction of sp³-hybridized carbons (Fsp3) is 0.692. The van der Waals surface area contributed by atoms with Crippen LogP contribution in [0.25, 0.3) is 0 Å². The molecule has 0 radical (unpaired) electrons. The normalized spacial score (nSPS) is 23.0. The van der Waals surface area contributed by atoms with Crippen molar-refractivity contribution in [2.24, 2.45) is 5.73 Å². The fourth-order valence-corrected chi connectivity index (χ4v) is 5.52. The molecule has 1 saturated heterocycles. The minimum atomic E-state index is -2.08. The first-order chi connectivity index (χ1) is 15.6. The van der Waals surface area contributed by atoms with E-state index in [1.807, 2.05) is 12.1 Å². The van der Waals surface area contributed by atoms with Gasteiger partial charge >= 0.3 is 6.09 Å². The van der Waals surface area contributed by atoms with E-state index in [1.165, 1.54) is 5.56 Å². The van der Waals surface area contributed by atoms with Crippen LogP contribution in [0.5, 0.6) is 0 Å². The Labute approximate surface area is 205 Å². The van der Waals surface area contributed by atoms with Crippen molar-refractivity contribution >= 4 is 26.0 Å². The van der Waals surface area contributed by atoms with Gasteiger partial charge in [-0.25, -0.2) is 4.79 Å². The zero-order chi connectivity index (χ0) is 25.5. The second kappa shape index (κ2) is 9.28. The molecule has 2 fully saturated rings. The van der Waals surface area contributed by atoms with E-state index in [1.54, 1.807) is 25.7 Å². The van der Waals surface area contributed by atoms with Crippen LogP contribution >= 0.6 is 0 Å². The van der Waals surface area contributed by atoms with Crippen molar-refractivity contribution in [2.75, 3.05) is 18.0 Å². The van der Waals surface area contributed by atoms with Crippen molar-refractivity contribution in [1.29, 1.82) is 0 Å². The van der Waals surface area contributed by atoms with Crippen LogP contribution < -0.4 is 16.0 Å². The van der Waals surface area contributed by atoms with E-state index in [0.29, 0.717) is 19.5 Å². The highest BCUT2D eigenvalue weighted by molar-refractivity contribution is 6.74. The molecule has 0 aromatic heterocycles. The van der Waals surface area contributed by atoms with Crippen LogP contribution in [-0.2, 0) is 19.4 Å². The molecule has 34 heavy (non-hydrogen) atoms. The quantitative estimate of drug-likeness (QED) is 0.565. The highest BCUT2D eigenvalue weighted by Crippen LogP contribution is 2.47. The molecule has 2 aliphatic rings. The molecule has 1 aromatic carbocycles. The average Bonchev–Trinajstić information content (AvgIpc) is 3.49. The number of hydrogen-bond donors (Lipinski definition) is 2. The molecule has 1 aromatic rings. The van der Waals surface area contributed by atoms with Crippen molar-refractivity contribution in [2.45, 2.75) is 102 Å². The molecule has 2 amide bonds. The molecule has 0 spiro atoms. The summed E-state index contributed by atoms with van der Waals surface area (Å²) < 4.78 is 12.1. The Hall–Kier alpha value is -1.90. The van der Waals surface area contributed by atoms with Gasteiger partial charge in [0.25, 0.3) is 0 Å². The van der Waals surface area contributed by atoms with Gasteiger partial charge in [0.15, 0.2) is 8.32 Å². The number of alkyl carbamates (subject to hydrolysis) is 1. The van der Waals surface area contributed by atoms with E-state index >= 15 is 0 Å². The molecular weight excluding hydrogens is 446 g/mol. The Kier molecular flexibility index (Phi) is 7.29. The molecule has 3 N–H and O–H groups in total. The van der Waals surface area contributed by atoms with Crippen LogP contribution in [0.15, 0.2) is 24.3 Å². The van der Waals surface area contributed by atoms with Crippen molar-refractivity contribution in [3.05, 3.63) is 29.8 Å². The maximum atomic E-state index is 13.5. The third-order valence-electron chi connectivity index (χ3n) is 7.44. The van der Waals surface area contributed by atoms with Crippen molar-refractivity contribution in [1.82, 2.24) is 5.32 Å². The highest BCUT2D eigenvalue weighted by atomic mass is 28.4. The number of nitrogens with zero attached hydrogens (tertiary/aromatic N) is 1. The first kappa shape index (κ1) is 26.7. The largest absolute Gasteiger partial charge is 0.444 e. The fourth-order valence-electron chi connectivity index (χ4n) is 4.16. The predicted octanol–water partition coefficient (Wildman–Crippen LogP) is 4.70. The number of ether oxygens (including phenoxy) is 1. The molecule has 2 atom stereocenters. The van der Waals surface area contributed by atoms with E-state index in [2.05, 4.69) is 51.3 Å². The molecule has 3 rings (SSSR count). The van der Waals surface area contributed by atoms with Gasteiger partial charge in [0.05, 0.1) is 12.6 Å². The highest BCUT2D eigenvalue weighted by Gasteiger charge is 2.45. The van der Waals surface area contributed by atoms with Crippen molar-refractivity contribution in [3.63, 3.8) is 0 Å². The Morgan fingerprint density at radius 2 is 1.74 bits per heavy atom. The van der Waals surface area contributed by atoms with Crippen LogP contribution in [0.2, 0.25) is 18.1 Å². The maximum absolute atomic E-state index is 13.5. The number of nitrogens with one attached hydrogen (secondary N) is 1. The Bertz CT molecular complexity index is 898. The lowest BCUT2D eigenvalue weighted by Crippen LogP contribution is -2.59. The summed E-state index contributed by atoms with van der Waals surface area (Å²) in [6.45, 7) is 17.5. The molecule has 1 aliphatic carbocycles. The van der Waals surface area contributed by atoms with Gasteiger partial charge in [-0.15, -0.1) is 0 Å². The summed E-state index contributed by atoms with van der Waals surface area (Å²) in [5, 5.41) is 2.84. The first-order valence-corrected chi connectivity index (χ1v) is 15.3. The first-order valence-electron chi connectivity index (χ1n) is 12.4. The van der Waals surface area contributed by atoms with Crippen LogP contribution in [0.3, 0.4) is 0 Å². The second-order valence-corrected chi connectivity index (χ2v) is 17.2. The summed E-state index contributed by atoms with van der Waals surface area (Å²) in [6, 6.07) is 7.43. The van der Waals surface area contributed by atoms with E-state index < -0.39 is 26.1 Å². The van der Waals surface area contributed by atoms with Gasteiger partial charge in [0, 0.05) is 24.1 Å². The van der Waals surface area contributed by atoms with Gasteiger partial charge < -0.3 is 25.1 Å². The summed E-state index contributed by atoms with van der Waals surface area (Å²) in [7, 11) is -2.08. The number of carbonyl (C=O) groups is 2. The topological polar surface area (TPSA) is 93.9 Å². The molecule has 8 heteroatoms. The van der Waals surface area contributed by atoms with Gasteiger partial charge in [-0.2, -0.15) is 0 Å². The van der Waals surface area contributed by atoms with Crippen LogP contribution in [-0.4, -0.2) is 51.2 Å². The Balaban J connectivity index is 1.84. The number of nitrogens with two attached hydrogens (primary N) is 1. The van der Waals surface area contributed by atoms with E-state index in [4.69, 9.17) is 14.9 Å².